The van der Waals surface area contributed by atoms with Gasteiger partial charge >= 0.3 is 0 Å². The van der Waals surface area contributed by atoms with Crippen LogP contribution in [0.3, 0.4) is 0 Å². The maximum atomic E-state index is 11.8. The molecule has 0 aromatic heterocycles. The van der Waals surface area contributed by atoms with Gasteiger partial charge in [-0.1, -0.05) is 76.9 Å². The molecular formula is C25H50N2O3. The SMILES string of the molecule is CCCCCCCC/C=C\CCCCCCCCNC(CCO)(C(=O)[O-])[N+](C)(C)C. The van der Waals surface area contributed by atoms with Crippen molar-refractivity contribution in [2.75, 3.05) is 34.3 Å². The van der Waals surface area contributed by atoms with E-state index < -0.39 is 11.6 Å². The third-order valence-corrected chi connectivity index (χ3v) is 6.06. The molecule has 1 atom stereocenters. The van der Waals surface area contributed by atoms with Gasteiger partial charge in [-0.05, 0) is 32.1 Å². The number of aliphatic carboxylic acids is 1. The number of carboxylic acid groups (broad SMARTS) is 1. The van der Waals surface area contributed by atoms with Crippen LogP contribution in [-0.2, 0) is 4.79 Å². The van der Waals surface area contributed by atoms with Gasteiger partial charge in [-0.15, -0.1) is 0 Å². The van der Waals surface area contributed by atoms with Crippen molar-refractivity contribution < 1.29 is 19.5 Å². The van der Waals surface area contributed by atoms with E-state index in [-0.39, 0.29) is 17.5 Å². The number of hydrogen-bond acceptors (Lipinski definition) is 4. The number of carbonyl (C=O) groups excluding carboxylic acids is 1. The van der Waals surface area contributed by atoms with Crippen molar-refractivity contribution in [2.45, 2.75) is 109 Å². The van der Waals surface area contributed by atoms with Crippen LogP contribution in [0.5, 0.6) is 0 Å². The van der Waals surface area contributed by atoms with Crippen LogP contribution < -0.4 is 10.4 Å². The van der Waals surface area contributed by atoms with Crippen LogP contribution in [0.15, 0.2) is 12.2 Å². The lowest BCUT2D eigenvalue weighted by Crippen LogP contribution is -2.73. The lowest BCUT2D eigenvalue weighted by atomic mass is 10.0. The summed E-state index contributed by atoms with van der Waals surface area (Å²) in [6.07, 6.45) is 22.5. The Kier molecular flexibility index (Phi) is 17.2. The Bertz CT molecular complexity index is 446. The molecular weight excluding hydrogens is 376 g/mol. The van der Waals surface area contributed by atoms with E-state index in [1.165, 1.54) is 77.0 Å². The summed E-state index contributed by atoms with van der Waals surface area (Å²) < 4.78 is 0.183. The summed E-state index contributed by atoms with van der Waals surface area (Å²) in [5.41, 5.74) is -1.24. The molecule has 2 N–H and O–H groups in total. The first-order chi connectivity index (χ1) is 14.3. The number of quaternary nitrogens is 1. The molecule has 0 aromatic rings. The second kappa shape index (κ2) is 17.7. The Labute approximate surface area is 186 Å². The highest BCUT2D eigenvalue weighted by Crippen LogP contribution is 2.20. The Morgan fingerprint density at radius 1 is 0.867 bits per heavy atom. The second-order valence-corrected chi connectivity index (χ2v) is 9.50. The maximum absolute atomic E-state index is 11.8. The number of hydrogen-bond donors (Lipinski definition) is 2. The van der Waals surface area contributed by atoms with Gasteiger partial charge in [-0.3, -0.25) is 5.32 Å². The number of carbonyl (C=O) groups is 1. The van der Waals surface area contributed by atoms with Gasteiger partial charge in [0.05, 0.1) is 27.7 Å². The van der Waals surface area contributed by atoms with Crippen LogP contribution in [0.4, 0.5) is 0 Å². The standard InChI is InChI=1S/C25H50N2O3/c1-5-6-7-8-9-10-11-12-13-14-15-16-17-18-19-20-22-26-25(21-23-28,24(29)30)27(2,3)4/h12-13,26,28H,5-11,14-23H2,1-4H3/b13-12-. The monoisotopic (exact) mass is 426 g/mol. The van der Waals surface area contributed by atoms with E-state index in [0.717, 1.165) is 12.8 Å². The van der Waals surface area contributed by atoms with Gasteiger partial charge in [0.1, 0.15) is 5.97 Å². The number of aliphatic hydroxyl groups excluding tert-OH is 1. The fraction of sp³-hybridized carbons (Fsp3) is 0.880. The van der Waals surface area contributed by atoms with Gasteiger partial charge in [0.25, 0.3) is 0 Å². The molecule has 0 spiro atoms. The summed E-state index contributed by atoms with van der Waals surface area (Å²) in [7, 11) is 5.46. The van der Waals surface area contributed by atoms with Gasteiger partial charge in [-0.25, -0.2) is 0 Å². The van der Waals surface area contributed by atoms with Crippen LogP contribution in [-0.4, -0.2) is 55.5 Å². The van der Waals surface area contributed by atoms with Crippen molar-refractivity contribution in [1.29, 1.82) is 0 Å². The molecule has 0 aliphatic heterocycles. The molecule has 0 rings (SSSR count). The number of nitrogens with one attached hydrogen (secondary N) is 1. The molecule has 5 heteroatoms. The Balaban J connectivity index is 3.71. The molecule has 0 aromatic carbocycles. The van der Waals surface area contributed by atoms with Crippen molar-refractivity contribution >= 4 is 5.97 Å². The Hall–Kier alpha value is -0.910. The van der Waals surface area contributed by atoms with Crippen molar-refractivity contribution in [3.63, 3.8) is 0 Å². The van der Waals surface area contributed by atoms with E-state index >= 15 is 0 Å². The van der Waals surface area contributed by atoms with E-state index in [0.29, 0.717) is 6.54 Å². The molecule has 0 fully saturated rings. The molecule has 30 heavy (non-hydrogen) atoms. The van der Waals surface area contributed by atoms with Crippen LogP contribution in [0, 0.1) is 0 Å². The molecule has 5 nitrogen and oxygen atoms in total. The topological polar surface area (TPSA) is 72.4 Å². The van der Waals surface area contributed by atoms with Crippen molar-refractivity contribution in [3.05, 3.63) is 12.2 Å². The number of carboxylic acids is 1. The number of unbranched alkanes of at least 4 members (excludes halogenated alkanes) is 12. The van der Waals surface area contributed by atoms with E-state index in [1.807, 2.05) is 21.1 Å². The van der Waals surface area contributed by atoms with Gasteiger partial charge in [0, 0.05) is 13.0 Å². The zero-order chi connectivity index (χ0) is 22.7. The minimum atomic E-state index is -1.24. The number of aliphatic hydroxyl groups is 1. The third kappa shape index (κ3) is 12.7. The van der Waals surface area contributed by atoms with Crippen molar-refractivity contribution in [1.82, 2.24) is 5.32 Å². The quantitative estimate of drug-likeness (QED) is 0.125. The highest BCUT2D eigenvalue weighted by atomic mass is 16.4. The van der Waals surface area contributed by atoms with Crippen molar-refractivity contribution in [2.24, 2.45) is 0 Å². The first-order valence-electron chi connectivity index (χ1n) is 12.4. The van der Waals surface area contributed by atoms with E-state index in [1.54, 1.807) is 0 Å². The number of allylic oxidation sites excluding steroid dienone is 2. The first kappa shape index (κ1) is 29.1. The van der Waals surface area contributed by atoms with Crippen LogP contribution in [0.1, 0.15) is 103 Å². The third-order valence-electron chi connectivity index (χ3n) is 6.06. The molecule has 0 amide bonds. The Morgan fingerprint density at radius 3 is 1.77 bits per heavy atom. The minimum absolute atomic E-state index is 0.144. The molecule has 178 valence electrons. The lowest BCUT2D eigenvalue weighted by Gasteiger charge is -2.47. The summed E-state index contributed by atoms with van der Waals surface area (Å²) in [6.45, 7) is 2.71. The number of nitrogens with zero attached hydrogens (tertiary/aromatic N) is 1. The van der Waals surface area contributed by atoms with Gasteiger partial charge < -0.3 is 19.5 Å². The highest BCUT2D eigenvalue weighted by molar-refractivity contribution is 5.74. The molecule has 0 saturated heterocycles. The summed E-state index contributed by atoms with van der Waals surface area (Å²) in [4.78, 5) is 11.8. The van der Waals surface area contributed by atoms with Crippen molar-refractivity contribution in [3.8, 4) is 0 Å². The smallest absolute Gasteiger partial charge is 0.195 e. The fourth-order valence-electron chi connectivity index (χ4n) is 3.94. The fourth-order valence-corrected chi connectivity index (χ4v) is 3.94. The molecule has 1 unspecified atom stereocenters. The zero-order valence-corrected chi connectivity index (χ0v) is 20.4. The maximum Gasteiger partial charge on any atom is 0.195 e. The predicted molar refractivity (Wildman–Crippen MR) is 125 cm³/mol. The van der Waals surface area contributed by atoms with E-state index in [2.05, 4.69) is 24.4 Å². The lowest BCUT2D eigenvalue weighted by molar-refractivity contribution is -0.920. The van der Waals surface area contributed by atoms with E-state index in [9.17, 15) is 15.0 Å². The first-order valence-corrected chi connectivity index (χ1v) is 12.4. The number of rotatable bonds is 21. The molecule has 0 radical (unpaired) electrons. The van der Waals surface area contributed by atoms with Crippen LogP contribution in [0.2, 0.25) is 0 Å². The molecule has 0 bridgehead atoms. The summed E-state index contributed by atoms with van der Waals surface area (Å²) in [5.74, 6) is -1.14. The molecule has 0 heterocycles. The normalized spacial score (nSPS) is 14.3. The zero-order valence-electron chi connectivity index (χ0n) is 20.4. The molecule has 0 saturated carbocycles. The highest BCUT2D eigenvalue weighted by Gasteiger charge is 2.43. The largest absolute Gasteiger partial charge is 0.543 e. The summed E-state index contributed by atoms with van der Waals surface area (Å²) in [6, 6.07) is 0. The van der Waals surface area contributed by atoms with Gasteiger partial charge in [-0.2, -0.15) is 0 Å². The minimum Gasteiger partial charge on any atom is -0.543 e. The average molecular weight is 427 g/mol. The Morgan fingerprint density at radius 2 is 1.33 bits per heavy atom. The predicted octanol–water partition coefficient (Wildman–Crippen LogP) is 4.15. The van der Waals surface area contributed by atoms with E-state index in [4.69, 9.17) is 0 Å². The van der Waals surface area contributed by atoms with Crippen LogP contribution in [0.25, 0.3) is 0 Å². The second-order valence-electron chi connectivity index (χ2n) is 9.50. The average Bonchev–Trinajstić information content (AvgIpc) is 2.68. The van der Waals surface area contributed by atoms with Gasteiger partial charge in [0.15, 0.2) is 5.66 Å². The molecule has 0 aliphatic carbocycles. The summed E-state index contributed by atoms with van der Waals surface area (Å²) >= 11 is 0. The molecule has 0 aliphatic rings. The summed E-state index contributed by atoms with van der Waals surface area (Å²) in [5, 5.41) is 24.2. The van der Waals surface area contributed by atoms with Gasteiger partial charge in [0.2, 0.25) is 0 Å². The van der Waals surface area contributed by atoms with Crippen LogP contribution >= 0.6 is 0 Å². The number of likely N-dealkylation sites (N-methyl/N-ethyl adjacent to an activating group) is 1.